The van der Waals surface area contributed by atoms with Gasteiger partial charge in [0.15, 0.2) is 5.69 Å². The van der Waals surface area contributed by atoms with E-state index in [0.29, 0.717) is 17.7 Å². The first-order valence-electron chi connectivity index (χ1n) is 9.71. The molecule has 6 heteroatoms. The molecule has 0 spiro atoms. The van der Waals surface area contributed by atoms with Gasteiger partial charge < -0.3 is 14.6 Å². The van der Waals surface area contributed by atoms with Gasteiger partial charge in [-0.2, -0.15) is 0 Å². The van der Waals surface area contributed by atoms with Gasteiger partial charge in [-0.05, 0) is 37.5 Å². The maximum atomic E-state index is 12.6. The lowest BCUT2D eigenvalue weighted by Crippen LogP contribution is -2.43. The Kier molecular flexibility index (Phi) is 4.82. The first kappa shape index (κ1) is 17.0. The van der Waals surface area contributed by atoms with E-state index in [1.807, 2.05) is 13.8 Å². The molecule has 2 aliphatic heterocycles. The topological polar surface area (TPSA) is 67.6 Å². The van der Waals surface area contributed by atoms with Crippen LogP contribution in [0.3, 0.4) is 0 Å². The van der Waals surface area contributed by atoms with Gasteiger partial charge in [-0.3, -0.25) is 9.69 Å². The summed E-state index contributed by atoms with van der Waals surface area (Å²) in [4.78, 5) is 15.2. The predicted molar refractivity (Wildman–Crippen MR) is 93.5 cm³/mol. The van der Waals surface area contributed by atoms with Gasteiger partial charge in [0, 0.05) is 50.4 Å². The van der Waals surface area contributed by atoms with Crippen LogP contribution in [-0.2, 0) is 4.74 Å². The highest BCUT2D eigenvalue weighted by Gasteiger charge is 2.44. The minimum atomic E-state index is -0.0971. The lowest BCUT2D eigenvalue weighted by molar-refractivity contribution is 0.0404. The maximum absolute atomic E-state index is 12.6. The van der Waals surface area contributed by atoms with Crippen LogP contribution in [0, 0.1) is 11.8 Å². The summed E-state index contributed by atoms with van der Waals surface area (Å²) in [6, 6.07) is 2.61. The van der Waals surface area contributed by atoms with Crippen molar-refractivity contribution in [3.05, 3.63) is 17.5 Å². The van der Waals surface area contributed by atoms with Crippen molar-refractivity contribution in [3.8, 4) is 0 Å². The summed E-state index contributed by atoms with van der Waals surface area (Å²) in [6.45, 7) is 7.86. The largest absolute Gasteiger partial charge is 0.381 e. The molecule has 2 atom stereocenters. The van der Waals surface area contributed by atoms with Gasteiger partial charge in [0.25, 0.3) is 5.91 Å². The summed E-state index contributed by atoms with van der Waals surface area (Å²) in [5, 5.41) is 7.21. The van der Waals surface area contributed by atoms with Crippen molar-refractivity contribution in [3.63, 3.8) is 0 Å². The fourth-order valence-corrected chi connectivity index (χ4v) is 4.27. The van der Waals surface area contributed by atoms with Crippen LogP contribution in [0.15, 0.2) is 10.6 Å². The Morgan fingerprint density at radius 3 is 2.64 bits per heavy atom. The van der Waals surface area contributed by atoms with E-state index in [1.54, 1.807) is 6.07 Å². The summed E-state index contributed by atoms with van der Waals surface area (Å²) in [6.07, 6.45) is 4.83. The van der Waals surface area contributed by atoms with E-state index in [4.69, 9.17) is 9.26 Å². The highest BCUT2D eigenvalue weighted by Crippen LogP contribution is 2.42. The van der Waals surface area contributed by atoms with Gasteiger partial charge in [0.2, 0.25) is 0 Å². The summed E-state index contributed by atoms with van der Waals surface area (Å²) < 4.78 is 10.8. The molecular formula is C19H29N3O3. The van der Waals surface area contributed by atoms with Gasteiger partial charge in [-0.25, -0.2) is 0 Å². The number of nitrogens with zero attached hydrogens (tertiary/aromatic N) is 2. The smallest absolute Gasteiger partial charge is 0.273 e. The SMILES string of the molecule is CC(C)c1cc(C(=O)N[C@@H]2CN(C3CCOCC3)C[C@H]2C2CC2)no1. The van der Waals surface area contributed by atoms with Crippen LogP contribution in [0.2, 0.25) is 0 Å². The molecule has 0 unspecified atom stereocenters. The number of ether oxygens (including phenoxy) is 1. The van der Waals surface area contributed by atoms with E-state index < -0.39 is 0 Å². The molecule has 4 rings (SSSR count). The van der Waals surface area contributed by atoms with Crippen LogP contribution in [0.1, 0.15) is 61.7 Å². The van der Waals surface area contributed by atoms with Crippen molar-refractivity contribution in [1.82, 2.24) is 15.4 Å². The van der Waals surface area contributed by atoms with E-state index in [9.17, 15) is 4.79 Å². The Balaban J connectivity index is 1.41. The molecule has 0 aromatic carbocycles. The van der Waals surface area contributed by atoms with Crippen molar-refractivity contribution >= 4 is 5.91 Å². The monoisotopic (exact) mass is 347 g/mol. The molecule has 1 N–H and O–H groups in total. The fourth-order valence-electron chi connectivity index (χ4n) is 4.27. The molecular weight excluding hydrogens is 318 g/mol. The van der Waals surface area contributed by atoms with Crippen LogP contribution in [-0.4, -0.2) is 54.4 Å². The van der Waals surface area contributed by atoms with Crippen LogP contribution < -0.4 is 5.32 Å². The average molecular weight is 347 g/mol. The number of likely N-dealkylation sites (tertiary alicyclic amines) is 1. The predicted octanol–water partition coefficient (Wildman–Crippen LogP) is 2.42. The Bertz CT molecular complexity index is 605. The molecule has 1 aliphatic carbocycles. The highest BCUT2D eigenvalue weighted by molar-refractivity contribution is 5.92. The van der Waals surface area contributed by atoms with Crippen LogP contribution >= 0.6 is 0 Å². The summed E-state index contributed by atoms with van der Waals surface area (Å²) >= 11 is 0. The van der Waals surface area contributed by atoms with Gasteiger partial charge in [0.05, 0.1) is 0 Å². The number of rotatable bonds is 5. The quantitative estimate of drug-likeness (QED) is 0.886. The number of aromatic nitrogens is 1. The lowest BCUT2D eigenvalue weighted by atomic mass is 9.98. The van der Waals surface area contributed by atoms with E-state index in [0.717, 1.165) is 50.8 Å². The van der Waals surface area contributed by atoms with Crippen molar-refractivity contribution in [2.24, 2.45) is 11.8 Å². The first-order chi connectivity index (χ1) is 12.1. The molecule has 1 saturated carbocycles. The Hall–Kier alpha value is -1.40. The normalized spacial score (nSPS) is 28.6. The number of amides is 1. The van der Waals surface area contributed by atoms with Crippen LogP contribution in [0.5, 0.6) is 0 Å². The maximum Gasteiger partial charge on any atom is 0.273 e. The number of carbonyl (C=O) groups is 1. The molecule has 3 aliphatic rings. The molecule has 3 fully saturated rings. The summed E-state index contributed by atoms with van der Waals surface area (Å²) in [5.74, 6) is 2.25. The van der Waals surface area contributed by atoms with Crippen molar-refractivity contribution in [2.75, 3.05) is 26.3 Å². The van der Waals surface area contributed by atoms with E-state index >= 15 is 0 Å². The molecule has 3 heterocycles. The van der Waals surface area contributed by atoms with Crippen LogP contribution in [0.4, 0.5) is 0 Å². The van der Waals surface area contributed by atoms with Crippen LogP contribution in [0.25, 0.3) is 0 Å². The average Bonchev–Trinajstić information content (AvgIpc) is 3.18. The number of hydrogen-bond donors (Lipinski definition) is 1. The molecule has 1 aromatic heterocycles. The first-order valence-corrected chi connectivity index (χ1v) is 9.71. The van der Waals surface area contributed by atoms with Crippen molar-refractivity contribution in [1.29, 1.82) is 0 Å². The molecule has 0 bridgehead atoms. The second-order valence-electron chi connectivity index (χ2n) is 8.15. The zero-order chi connectivity index (χ0) is 17.4. The number of hydrogen-bond acceptors (Lipinski definition) is 5. The third kappa shape index (κ3) is 3.75. The molecule has 2 saturated heterocycles. The molecule has 0 radical (unpaired) electrons. The van der Waals surface area contributed by atoms with E-state index in [1.165, 1.54) is 12.8 Å². The number of nitrogens with one attached hydrogen (secondary N) is 1. The Labute approximate surface area is 149 Å². The standard InChI is InChI=1S/C19H29N3O3/c1-12(2)18-9-16(21-25-18)19(23)20-17-11-22(10-15(17)13-3-4-13)14-5-7-24-8-6-14/h9,12-15,17H,3-8,10-11H2,1-2H3,(H,20,23)/t15-,17+/m0/s1. The third-order valence-electron chi connectivity index (χ3n) is 5.97. The summed E-state index contributed by atoms with van der Waals surface area (Å²) in [5.41, 5.74) is 0.405. The molecule has 1 aromatic rings. The number of carbonyl (C=O) groups excluding carboxylic acids is 1. The summed E-state index contributed by atoms with van der Waals surface area (Å²) in [7, 11) is 0. The lowest BCUT2D eigenvalue weighted by Gasteiger charge is -2.31. The molecule has 138 valence electrons. The van der Waals surface area contributed by atoms with Crippen molar-refractivity contribution < 1.29 is 14.1 Å². The molecule has 25 heavy (non-hydrogen) atoms. The van der Waals surface area contributed by atoms with Gasteiger partial charge in [-0.15, -0.1) is 0 Å². The fraction of sp³-hybridized carbons (Fsp3) is 0.789. The van der Waals surface area contributed by atoms with E-state index in [2.05, 4.69) is 15.4 Å². The Morgan fingerprint density at radius 1 is 1.24 bits per heavy atom. The molecule has 6 nitrogen and oxygen atoms in total. The second kappa shape index (κ2) is 7.08. The molecule has 1 amide bonds. The Morgan fingerprint density at radius 2 is 2.00 bits per heavy atom. The van der Waals surface area contributed by atoms with Gasteiger partial charge in [-0.1, -0.05) is 19.0 Å². The van der Waals surface area contributed by atoms with Crippen molar-refractivity contribution in [2.45, 2.75) is 57.5 Å². The van der Waals surface area contributed by atoms with Gasteiger partial charge in [0.1, 0.15) is 5.76 Å². The van der Waals surface area contributed by atoms with E-state index in [-0.39, 0.29) is 17.9 Å². The van der Waals surface area contributed by atoms with Gasteiger partial charge >= 0.3 is 0 Å². The second-order valence-corrected chi connectivity index (χ2v) is 8.15. The minimum Gasteiger partial charge on any atom is -0.381 e. The highest BCUT2D eigenvalue weighted by atomic mass is 16.5. The third-order valence-corrected chi connectivity index (χ3v) is 5.97. The minimum absolute atomic E-state index is 0.0971. The zero-order valence-corrected chi connectivity index (χ0v) is 15.2. The zero-order valence-electron chi connectivity index (χ0n) is 15.2.